The van der Waals surface area contributed by atoms with Crippen LogP contribution in [0, 0.1) is 12.8 Å². The van der Waals surface area contributed by atoms with Gasteiger partial charge in [-0.15, -0.1) is 16.4 Å². The first-order chi connectivity index (χ1) is 15.0. The summed E-state index contributed by atoms with van der Waals surface area (Å²) in [6.07, 6.45) is 2.87. The fourth-order valence-electron chi connectivity index (χ4n) is 3.92. The molecule has 1 unspecified atom stereocenters. The van der Waals surface area contributed by atoms with Crippen molar-refractivity contribution in [1.29, 1.82) is 0 Å². The third-order valence-corrected chi connectivity index (χ3v) is 6.58. The van der Waals surface area contributed by atoms with Crippen LogP contribution in [-0.4, -0.2) is 31.2 Å². The zero-order chi connectivity index (χ0) is 21.5. The van der Waals surface area contributed by atoms with Crippen LogP contribution in [0.5, 0.6) is 5.88 Å². The van der Waals surface area contributed by atoms with E-state index in [9.17, 15) is 4.79 Å². The highest BCUT2D eigenvalue weighted by atomic mass is 32.1. The minimum Gasteiger partial charge on any atom is -0.476 e. The number of para-hydroxylation sites is 1. The zero-order valence-corrected chi connectivity index (χ0v) is 18.5. The Labute approximate surface area is 183 Å². The smallest absolute Gasteiger partial charge is 0.290 e. The molecule has 0 bridgehead atoms. The van der Waals surface area contributed by atoms with Gasteiger partial charge < -0.3 is 10.1 Å². The Kier molecular flexibility index (Phi) is 4.97. The number of ether oxygens (including phenoxy) is 1. The second kappa shape index (κ2) is 7.81. The SMILES string of the molecule is Cc1ncc(CNc2cc(OCC3C[C@H]3c3nn(C)c4ccccc34)nn(C)c2=O)s1. The summed E-state index contributed by atoms with van der Waals surface area (Å²) in [5, 5.41) is 14.4. The molecule has 160 valence electrons. The maximum absolute atomic E-state index is 12.4. The molecule has 0 aliphatic heterocycles. The van der Waals surface area contributed by atoms with Crippen LogP contribution < -0.4 is 15.6 Å². The lowest BCUT2D eigenvalue weighted by molar-refractivity contribution is 0.278. The monoisotopic (exact) mass is 436 g/mol. The van der Waals surface area contributed by atoms with Gasteiger partial charge in [0.1, 0.15) is 5.69 Å². The van der Waals surface area contributed by atoms with Crippen molar-refractivity contribution in [3.05, 3.63) is 62.5 Å². The molecule has 2 atom stereocenters. The maximum atomic E-state index is 12.4. The van der Waals surface area contributed by atoms with Crippen molar-refractivity contribution in [3.8, 4) is 5.88 Å². The summed E-state index contributed by atoms with van der Waals surface area (Å²) in [6, 6.07) is 10.00. The van der Waals surface area contributed by atoms with Crippen LogP contribution in [0.15, 0.2) is 41.3 Å². The fourth-order valence-corrected chi connectivity index (χ4v) is 4.66. The molecule has 0 spiro atoms. The van der Waals surface area contributed by atoms with Gasteiger partial charge in [-0.05, 0) is 19.4 Å². The predicted octanol–water partition coefficient (Wildman–Crippen LogP) is 3.23. The third kappa shape index (κ3) is 3.93. The number of benzene rings is 1. The Morgan fingerprint density at radius 1 is 1.23 bits per heavy atom. The topological polar surface area (TPSA) is 86.9 Å². The lowest BCUT2D eigenvalue weighted by Crippen LogP contribution is -2.24. The van der Waals surface area contributed by atoms with E-state index in [1.807, 2.05) is 30.9 Å². The molecule has 1 aliphatic carbocycles. The molecule has 1 fully saturated rings. The number of hydrogen-bond donors (Lipinski definition) is 1. The Morgan fingerprint density at radius 3 is 2.87 bits per heavy atom. The minimum absolute atomic E-state index is 0.183. The average molecular weight is 437 g/mol. The second-order valence-electron chi connectivity index (χ2n) is 7.96. The second-order valence-corrected chi connectivity index (χ2v) is 9.28. The van der Waals surface area contributed by atoms with Crippen molar-refractivity contribution in [1.82, 2.24) is 24.5 Å². The van der Waals surface area contributed by atoms with E-state index >= 15 is 0 Å². The highest BCUT2D eigenvalue weighted by Gasteiger charge is 2.42. The van der Waals surface area contributed by atoms with Crippen molar-refractivity contribution >= 4 is 27.9 Å². The third-order valence-electron chi connectivity index (χ3n) is 5.67. The molecular formula is C22H24N6O2S. The molecule has 1 saturated carbocycles. The van der Waals surface area contributed by atoms with Crippen LogP contribution >= 0.6 is 11.3 Å². The fraction of sp³-hybridized carbons (Fsp3) is 0.364. The molecule has 8 nitrogen and oxygen atoms in total. The largest absolute Gasteiger partial charge is 0.476 e. The Morgan fingerprint density at radius 2 is 2.06 bits per heavy atom. The molecule has 31 heavy (non-hydrogen) atoms. The van der Waals surface area contributed by atoms with E-state index in [-0.39, 0.29) is 5.56 Å². The first-order valence-electron chi connectivity index (χ1n) is 10.3. The molecule has 3 heterocycles. The van der Waals surface area contributed by atoms with Crippen LogP contribution in [0.1, 0.15) is 27.9 Å². The molecule has 3 aromatic heterocycles. The summed E-state index contributed by atoms with van der Waals surface area (Å²) in [5.74, 6) is 1.24. The summed E-state index contributed by atoms with van der Waals surface area (Å²) in [7, 11) is 3.62. The molecular weight excluding hydrogens is 412 g/mol. The lowest BCUT2D eigenvalue weighted by Gasteiger charge is -2.10. The van der Waals surface area contributed by atoms with Crippen LogP contribution in [0.3, 0.4) is 0 Å². The van der Waals surface area contributed by atoms with Gasteiger partial charge in [0.05, 0.1) is 29.4 Å². The van der Waals surface area contributed by atoms with Crippen molar-refractivity contribution < 1.29 is 4.74 Å². The predicted molar refractivity (Wildman–Crippen MR) is 121 cm³/mol. The number of rotatable bonds is 7. The van der Waals surface area contributed by atoms with Gasteiger partial charge in [-0.2, -0.15) is 5.10 Å². The number of thiazole rings is 1. The molecule has 0 radical (unpaired) electrons. The Hall–Kier alpha value is -3.20. The van der Waals surface area contributed by atoms with Crippen molar-refractivity contribution in [2.24, 2.45) is 20.0 Å². The summed E-state index contributed by atoms with van der Waals surface area (Å²) < 4.78 is 9.23. The minimum atomic E-state index is -0.183. The van der Waals surface area contributed by atoms with E-state index in [0.29, 0.717) is 36.6 Å². The molecule has 1 aliphatic rings. The summed E-state index contributed by atoms with van der Waals surface area (Å²) in [5.41, 5.74) is 2.58. The highest BCUT2D eigenvalue weighted by molar-refractivity contribution is 7.11. The molecule has 0 amide bonds. The van der Waals surface area contributed by atoms with Crippen LogP contribution in [0.25, 0.3) is 10.9 Å². The van der Waals surface area contributed by atoms with E-state index in [1.54, 1.807) is 24.5 Å². The van der Waals surface area contributed by atoms with Crippen molar-refractivity contribution in [2.75, 3.05) is 11.9 Å². The van der Waals surface area contributed by atoms with Crippen LogP contribution in [0.2, 0.25) is 0 Å². The van der Waals surface area contributed by atoms with E-state index in [1.165, 1.54) is 10.1 Å². The number of anilines is 1. The van der Waals surface area contributed by atoms with Gasteiger partial charge in [-0.25, -0.2) is 9.67 Å². The van der Waals surface area contributed by atoms with Gasteiger partial charge in [0, 0.05) is 48.5 Å². The maximum Gasteiger partial charge on any atom is 0.290 e. The van der Waals surface area contributed by atoms with Gasteiger partial charge in [0.2, 0.25) is 5.88 Å². The first-order valence-corrected chi connectivity index (χ1v) is 11.1. The summed E-state index contributed by atoms with van der Waals surface area (Å²) >= 11 is 1.61. The van der Waals surface area contributed by atoms with Crippen molar-refractivity contribution in [2.45, 2.75) is 25.8 Å². The van der Waals surface area contributed by atoms with Gasteiger partial charge in [-0.1, -0.05) is 18.2 Å². The van der Waals surface area contributed by atoms with Gasteiger partial charge in [0.25, 0.3) is 5.56 Å². The number of nitrogens with one attached hydrogen (secondary N) is 1. The standard InChI is InChI=1S/C22H24N6O2S/c1-13-23-10-15(31-13)11-24-18-9-20(25-28(3)22(18)29)30-12-14-8-17(14)21-16-6-4-5-7-19(16)27(2)26-21/h4-7,9-10,14,17,24H,8,11-12H2,1-3H3/t14?,17-/m1/s1. The number of hydrogen-bond acceptors (Lipinski definition) is 7. The van der Waals surface area contributed by atoms with E-state index < -0.39 is 0 Å². The number of fused-ring (bicyclic) bond motifs is 1. The molecule has 4 aromatic rings. The Bertz CT molecular complexity index is 1310. The van der Waals surface area contributed by atoms with Gasteiger partial charge in [-0.3, -0.25) is 9.48 Å². The Balaban J connectivity index is 1.25. The lowest BCUT2D eigenvalue weighted by atomic mass is 10.1. The molecule has 1 N–H and O–H groups in total. The van der Waals surface area contributed by atoms with Crippen LogP contribution in [-0.2, 0) is 20.6 Å². The van der Waals surface area contributed by atoms with Gasteiger partial charge >= 0.3 is 0 Å². The number of aromatic nitrogens is 5. The van der Waals surface area contributed by atoms with Crippen LogP contribution in [0.4, 0.5) is 5.69 Å². The average Bonchev–Trinajstić information content (AvgIpc) is 3.29. The van der Waals surface area contributed by atoms with E-state index in [4.69, 9.17) is 9.84 Å². The molecule has 1 aromatic carbocycles. The molecule has 9 heteroatoms. The quantitative estimate of drug-likeness (QED) is 0.479. The highest BCUT2D eigenvalue weighted by Crippen LogP contribution is 2.48. The molecule has 5 rings (SSSR count). The van der Waals surface area contributed by atoms with E-state index in [2.05, 4.69) is 33.6 Å². The zero-order valence-electron chi connectivity index (χ0n) is 17.7. The van der Waals surface area contributed by atoms with E-state index in [0.717, 1.165) is 27.5 Å². The normalized spacial score (nSPS) is 17.8. The number of nitrogens with zero attached hydrogens (tertiary/aromatic N) is 5. The molecule has 0 saturated heterocycles. The summed E-state index contributed by atoms with van der Waals surface area (Å²) in [6.45, 7) is 3.06. The number of aryl methyl sites for hydroxylation is 3. The van der Waals surface area contributed by atoms with Gasteiger partial charge in [0.15, 0.2) is 0 Å². The first kappa shape index (κ1) is 19.7. The summed E-state index contributed by atoms with van der Waals surface area (Å²) in [4.78, 5) is 17.7. The van der Waals surface area contributed by atoms with Crippen molar-refractivity contribution in [3.63, 3.8) is 0 Å².